The summed E-state index contributed by atoms with van der Waals surface area (Å²) in [5.41, 5.74) is -0.164. The van der Waals surface area contributed by atoms with Gasteiger partial charge in [-0.2, -0.15) is 0 Å². The van der Waals surface area contributed by atoms with E-state index in [2.05, 4.69) is 10.3 Å². The summed E-state index contributed by atoms with van der Waals surface area (Å²) in [6, 6.07) is 7.11. The predicted molar refractivity (Wildman–Crippen MR) is 91.3 cm³/mol. The van der Waals surface area contributed by atoms with E-state index in [1.54, 1.807) is 18.2 Å². The molecule has 1 aromatic heterocycles. The molecule has 0 aliphatic carbocycles. The molecule has 1 amide bonds. The number of amides is 1. The standard InChI is InChI=1S/C17H17ClN4O4/c18-12-3-1-2-4-14(12)22-8-13(19-20-22)15(23)21-7-11-9-26-6-5-17(11,10-21)16(24)25/h1-4,8,11H,5-7,9-10H2,(H,24,25)/t11-,17+/m0/s1. The molecule has 0 radical (unpaired) electrons. The fourth-order valence-electron chi connectivity index (χ4n) is 3.73. The number of carboxylic acids is 1. The highest BCUT2D eigenvalue weighted by Gasteiger charge is 2.55. The summed E-state index contributed by atoms with van der Waals surface area (Å²) in [7, 11) is 0. The summed E-state index contributed by atoms with van der Waals surface area (Å²) >= 11 is 6.15. The third kappa shape index (κ3) is 2.65. The molecule has 4 rings (SSSR count). The van der Waals surface area contributed by atoms with Crippen LogP contribution in [0.2, 0.25) is 5.02 Å². The quantitative estimate of drug-likeness (QED) is 0.871. The fourth-order valence-corrected chi connectivity index (χ4v) is 3.96. The lowest BCUT2D eigenvalue weighted by molar-refractivity contribution is -0.157. The number of ether oxygens (including phenoxy) is 1. The number of rotatable bonds is 3. The highest BCUT2D eigenvalue weighted by Crippen LogP contribution is 2.42. The van der Waals surface area contributed by atoms with Gasteiger partial charge in [0.2, 0.25) is 0 Å². The van der Waals surface area contributed by atoms with Gasteiger partial charge in [0.05, 0.1) is 28.9 Å². The van der Waals surface area contributed by atoms with Crippen molar-refractivity contribution in [2.45, 2.75) is 6.42 Å². The number of aliphatic carboxylic acids is 1. The second kappa shape index (κ2) is 6.37. The summed E-state index contributed by atoms with van der Waals surface area (Å²) < 4.78 is 6.86. The van der Waals surface area contributed by atoms with Gasteiger partial charge in [0.25, 0.3) is 5.91 Å². The van der Waals surface area contributed by atoms with E-state index >= 15 is 0 Å². The van der Waals surface area contributed by atoms with Crippen LogP contribution in [0.4, 0.5) is 0 Å². The Balaban J connectivity index is 1.58. The molecule has 2 aliphatic heterocycles. The minimum Gasteiger partial charge on any atom is -0.481 e. The van der Waals surface area contributed by atoms with Crippen LogP contribution in [-0.4, -0.2) is 63.2 Å². The molecule has 8 nitrogen and oxygen atoms in total. The van der Waals surface area contributed by atoms with Gasteiger partial charge in [-0.1, -0.05) is 28.9 Å². The second-order valence-corrected chi connectivity index (χ2v) is 7.08. The molecule has 1 N–H and O–H groups in total. The lowest BCUT2D eigenvalue weighted by atomic mass is 9.74. The highest BCUT2D eigenvalue weighted by molar-refractivity contribution is 6.32. The molecule has 1 aromatic carbocycles. The van der Waals surface area contributed by atoms with Crippen LogP contribution >= 0.6 is 11.6 Å². The second-order valence-electron chi connectivity index (χ2n) is 6.67. The van der Waals surface area contributed by atoms with Crippen LogP contribution in [0, 0.1) is 11.3 Å². The number of para-hydroxylation sites is 1. The van der Waals surface area contributed by atoms with Crippen LogP contribution in [0.1, 0.15) is 16.9 Å². The number of benzene rings is 1. The number of carbonyl (C=O) groups is 2. The van der Waals surface area contributed by atoms with Gasteiger partial charge >= 0.3 is 5.97 Å². The van der Waals surface area contributed by atoms with Crippen molar-refractivity contribution in [2.75, 3.05) is 26.3 Å². The van der Waals surface area contributed by atoms with E-state index in [0.717, 1.165) is 0 Å². The van der Waals surface area contributed by atoms with Gasteiger partial charge in [0.15, 0.2) is 5.69 Å². The van der Waals surface area contributed by atoms with Gasteiger partial charge in [-0.25, -0.2) is 4.68 Å². The summed E-state index contributed by atoms with van der Waals surface area (Å²) in [4.78, 5) is 26.2. The molecule has 2 aliphatic rings. The van der Waals surface area contributed by atoms with Crippen LogP contribution in [0.3, 0.4) is 0 Å². The maximum atomic E-state index is 12.8. The molecule has 0 spiro atoms. The first-order chi connectivity index (χ1) is 12.5. The Morgan fingerprint density at radius 2 is 2.15 bits per heavy atom. The van der Waals surface area contributed by atoms with Crippen LogP contribution in [0.15, 0.2) is 30.5 Å². The number of carboxylic acid groups (broad SMARTS) is 1. The summed E-state index contributed by atoms with van der Waals surface area (Å²) in [6.45, 7) is 1.24. The Labute approximate surface area is 154 Å². The number of fused-ring (bicyclic) bond motifs is 1. The Morgan fingerprint density at radius 1 is 1.35 bits per heavy atom. The predicted octanol–water partition coefficient (Wildman–Crippen LogP) is 1.48. The fraction of sp³-hybridized carbons (Fsp3) is 0.412. The summed E-state index contributed by atoms with van der Waals surface area (Å²) in [5.74, 6) is -1.42. The van der Waals surface area contributed by atoms with E-state index in [-0.39, 0.29) is 24.1 Å². The molecule has 2 saturated heterocycles. The zero-order valence-electron chi connectivity index (χ0n) is 13.8. The van der Waals surface area contributed by atoms with Crippen molar-refractivity contribution in [3.63, 3.8) is 0 Å². The number of halogens is 1. The molecule has 136 valence electrons. The molecule has 3 heterocycles. The Hall–Kier alpha value is -2.45. The zero-order chi connectivity index (χ0) is 18.3. The van der Waals surface area contributed by atoms with Crippen molar-refractivity contribution in [3.8, 4) is 5.69 Å². The van der Waals surface area contributed by atoms with Crippen molar-refractivity contribution in [2.24, 2.45) is 11.3 Å². The lowest BCUT2D eigenvalue weighted by Crippen LogP contribution is -2.45. The maximum Gasteiger partial charge on any atom is 0.311 e. The molecule has 9 heteroatoms. The van der Waals surface area contributed by atoms with Gasteiger partial charge in [-0.05, 0) is 18.6 Å². The first-order valence-electron chi connectivity index (χ1n) is 8.29. The van der Waals surface area contributed by atoms with Crippen molar-refractivity contribution in [1.29, 1.82) is 0 Å². The smallest absolute Gasteiger partial charge is 0.311 e. The largest absolute Gasteiger partial charge is 0.481 e. The van der Waals surface area contributed by atoms with Gasteiger partial charge < -0.3 is 14.7 Å². The Morgan fingerprint density at radius 3 is 2.88 bits per heavy atom. The van der Waals surface area contributed by atoms with Crippen LogP contribution < -0.4 is 0 Å². The van der Waals surface area contributed by atoms with E-state index in [1.807, 2.05) is 6.07 Å². The van der Waals surface area contributed by atoms with Crippen molar-refractivity contribution in [1.82, 2.24) is 19.9 Å². The molecule has 26 heavy (non-hydrogen) atoms. The van der Waals surface area contributed by atoms with Crippen LogP contribution in [0.25, 0.3) is 5.69 Å². The average molecular weight is 377 g/mol. The van der Waals surface area contributed by atoms with Crippen molar-refractivity contribution in [3.05, 3.63) is 41.2 Å². The highest BCUT2D eigenvalue weighted by atomic mass is 35.5. The molecule has 0 bridgehead atoms. The van der Waals surface area contributed by atoms with Gasteiger partial charge in [-0.15, -0.1) is 5.10 Å². The minimum atomic E-state index is -0.938. The van der Waals surface area contributed by atoms with E-state index < -0.39 is 11.4 Å². The minimum absolute atomic E-state index is 0.157. The molecule has 2 fully saturated rings. The number of carbonyl (C=O) groups excluding carboxylic acids is 1. The Bertz CT molecular complexity index is 870. The maximum absolute atomic E-state index is 12.8. The number of hydrogen-bond donors (Lipinski definition) is 1. The van der Waals surface area contributed by atoms with Gasteiger partial charge in [-0.3, -0.25) is 9.59 Å². The van der Waals surface area contributed by atoms with Gasteiger partial charge in [0.1, 0.15) is 0 Å². The number of aromatic nitrogens is 3. The molecule has 2 atom stereocenters. The summed E-state index contributed by atoms with van der Waals surface area (Å²) in [6.07, 6.45) is 1.92. The lowest BCUT2D eigenvalue weighted by Gasteiger charge is -2.33. The van der Waals surface area contributed by atoms with Crippen LogP contribution in [0.5, 0.6) is 0 Å². The SMILES string of the molecule is O=C(c1cn(-c2ccccc2Cl)nn1)N1C[C@H]2COCC[C@@]2(C(=O)O)C1. The molecule has 0 unspecified atom stereocenters. The zero-order valence-corrected chi connectivity index (χ0v) is 14.6. The van der Waals surface area contributed by atoms with E-state index in [4.69, 9.17) is 16.3 Å². The molecule has 0 saturated carbocycles. The van der Waals surface area contributed by atoms with E-state index in [9.17, 15) is 14.7 Å². The molecule has 2 aromatic rings. The third-order valence-electron chi connectivity index (χ3n) is 5.23. The first-order valence-corrected chi connectivity index (χ1v) is 8.67. The summed E-state index contributed by atoms with van der Waals surface area (Å²) in [5, 5.41) is 18.1. The van der Waals surface area contributed by atoms with Crippen molar-refractivity contribution < 1.29 is 19.4 Å². The average Bonchev–Trinajstić information content (AvgIpc) is 3.27. The number of likely N-dealkylation sites (tertiary alicyclic amines) is 1. The van der Waals surface area contributed by atoms with Gasteiger partial charge in [0, 0.05) is 25.6 Å². The Kier molecular flexibility index (Phi) is 4.16. The van der Waals surface area contributed by atoms with Crippen LogP contribution in [-0.2, 0) is 9.53 Å². The topological polar surface area (TPSA) is 97.5 Å². The normalized spacial score (nSPS) is 25.1. The third-order valence-corrected chi connectivity index (χ3v) is 5.55. The van der Waals surface area contributed by atoms with E-state index in [0.29, 0.717) is 36.9 Å². The van der Waals surface area contributed by atoms with Crippen molar-refractivity contribution >= 4 is 23.5 Å². The number of hydrogen-bond acceptors (Lipinski definition) is 5. The monoisotopic (exact) mass is 376 g/mol. The molecular weight excluding hydrogens is 360 g/mol. The first kappa shape index (κ1) is 17.0. The number of nitrogens with zero attached hydrogens (tertiary/aromatic N) is 4. The molecular formula is C17H17ClN4O4. The van der Waals surface area contributed by atoms with E-state index in [1.165, 1.54) is 15.8 Å².